The summed E-state index contributed by atoms with van der Waals surface area (Å²) in [5.74, 6) is 0.130. The number of alkyl halides is 3. The molecule has 0 aliphatic rings. The van der Waals surface area contributed by atoms with E-state index in [1.54, 1.807) is 24.3 Å². The number of benzene rings is 2. The van der Waals surface area contributed by atoms with Crippen molar-refractivity contribution in [2.24, 2.45) is 0 Å². The highest BCUT2D eigenvalue weighted by molar-refractivity contribution is 5.67. The van der Waals surface area contributed by atoms with E-state index in [4.69, 9.17) is 4.74 Å². The molecule has 2 N–H and O–H groups in total. The van der Waals surface area contributed by atoms with Gasteiger partial charge in [0.15, 0.2) is 0 Å². The molecule has 0 amide bonds. The molecule has 30 heavy (non-hydrogen) atoms. The van der Waals surface area contributed by atoms with Gasteiger partial charge in [-0.1, -0.05) is 31.2 Å². The first-order valence-electron chi connectivity index (χ1n) is 9.59. The molecule has 0 radical (unpaired) electrons. The lowest BCUT2D eigenvalue weighted by molar-refractivity contribution is -0.137. The van der Waals surface area contributed by atoms with Crippen molar-refractivity contribution in [2.45, 2.75) is 39.5 Å². The topological polar surface area (TPSA) is 59.1 Å². The van der Waals surface area contributed by atoms with Gasteiger partial charge in [0.25, 0.3) is 0 Å². The van der Waals surface area contributed by atoms with Gasteiger partial charge in [0.1, 0.15) is 17.1 Å². The largest absolute Gasteiger partial charge is 0.489 e. The van der Waals surface area contributed by atoms with Crippen LogP contribution in [-0.4, -0.2) is 16.1 Å². The molecular weight excluding hydrogens is 393 g/mol. The lowest BCUT2D eigenvalue weighted by Gasteiger charge is -2.18. The van der Waals surface area contributed by atoms with Crippen LogP contribution in [0.25, 0.3) is 0 Å². The second-order valence-electron chi connectivity index (χ2n) is 6.92. The summed E-state index contributed by atoms with van der Waals surface area (Å²) in [5.41, 5.74) is 1.25. The van der Waals surface area contributed by atoms with Crippen LogP contribution in [0.3, 0.4) is 0 Å². The molecule has 0 unspecified atom stereocenters. The number of para-hydroxylation sites is 2. The van der Waals surface area contributed by atoms with Gasteiger partial charge >= 0.3 is 6.18 Å². The van der Waals surface area contributed by atoms with Crippen molar-refractivity contribution in [3.05, 3.63) is 65.9 Å². The summed E-state index contributed by atoms with van der Waals surface area (Å²) in [6.45, 7) is 5.73. The molecule has 0 saturated heterocycles. The second-order valence-corrected chi connectivity index (χ2v) is 6.92. The summed E-state index contributed by atoms with van der Waals surface area (Å²) < 4.78 is 46.3. The molecule has 1 aromatic heterocycles. The van der Waals surface area contributed by atoms with Crippen molar-refractivity contribution in [1.82, 2.24) is 9.97 Å². The van der Waals surface area contributed by atoms with E-state index in [1.165, 1.54) is 0 Å². The van der Waals surface area contributed by atoms with Gasteiger partial charge in [-0.05, 0) is 50.1 Å². The summed E-state index contributed by atoms with van der Waals surface area (Å²) in [6, 6.07) is 14.3. The van der Waals surface area contributed by atoms with Gasteiger partial charge < -0.3 is 15.4 Å². The standard InChI is InChI=1S/C22H23F3N4O/c1-4-15-9-11-16(12-10-15)27-21-26-13-17(22(23,24)25)20(29-21)28-18-7-5-6-8-19(18)30-14(2)3/h5-14H,4H2,1-3H3,(H2,26,27,28,29). The fraction of sp³-hybridized carbons (Fsp3) is 0.273. The van der Waals surface area contributed by atoms with Crippen LogP contribution in [0.2, 0.25) is 0 Å². The molecule has 3 aromatic rings. The predicted molar refractivity (Wildman–Crippen MR) is 112 cm³/mol. The van der Waals surface area contributed by atoms with E-state index in [0.717, 1.165) is 18.2 Å². The zero-order valence-corrected chi connectivity index (χ0v) is 16.9. The van der Waals surface area contributed by atoms with Crippen molar-refractivity contribution in [2.75, 3.05) is 10.6 Å². The normalized spacial score (nSPS) is 11.4. The molecule has 8 heteroatoms. The number of aromatic nitrogens is 2. The molecule has 0 bridgehead atoms. The molecule has 0 saturated carbocycles. The highest BCUT2D eigenvalue weighted by Gasteiger charge is 2.35. The molecule has 0 aliphatic heterocycles. The Labute approximate surface area is 173 Å². The van der Waals surface area contributed by atoms with Gasteiger partial charge in [-0.15, -0.1) is 0 Å². The summed E-state index contributed by atoms with van der Waals surface area (Å²) in [4.78, 5) is 7.93. The van der Waals surface area contributed by atoms with E-state index < -0.39 is 11.7 Å². The van der Waals surface area contributed by atoms with E-state index in [9.17, 15) is 13.2 Å². The average molecular weight is 416 g/mol. The highest BCUT2D eigenvalue weighted by atomic mass is 19.4. The monoisotopic (exact) mass is 416 g/mol. The number of anilines is 4. The third kappa shape index (κ3) is 5.40. The molecule has 0 aliphatic carbocycles. The Kier molecular flexibility index (Phi) is 6.44. The van der Waals surface area contributed by atoms with Crippen LogP contribution in [-0.2, 0) is 12.6 Å². The zero-order valence-electron chi connectivity index (χ0n) is 16.9. The van der Waals surface area contributed by atoms with Gasteiger partial charge in [-0.3, -0.25) is 0 Å². The molecule has 0 atom stereocenters. The molecule has 3 rings (SSSR count). The van der Waals surface area contributed by atoms with Gasteiger partial charge in [0, 0.05) is 11.9 Å². The van der Waals surface area contributed by atoms with Crippen LogP contribution >= 0.6 is 0 Å². The number of rotatable bonds is 7. The van der Waals surface area contributed by atoms with E-state index in [0.29, 0.717) is 17.1 Å². The number of hydrogen-bond acceptors (Lipinski definition) is 5. The van der Waals surface area contributed by atoms with Crippen LogP contribution in [0.15, 0.2) is 54.7 Å². The Morgan fingerprint density at radius 3 is 2.33 bits per heavy atom. The summed E-state index contributed by atoms with van der Waals surface area (Å²) in [7, 11) is 0. The van der Waals surface area contributed by atoms with Gasteiger partial charge in [-0.2, -0.15) is 18.2 Å². The minimum absolute atomic E-state index is 0.0528. The molecule has 5 nitrogen and oxygen atoms in total. The van der Waals surface area contributed by atoms with Crippen molar-refractivity contribution < 1.29 is 17.9 Å². The van der Waals surface area contributed by atoms with Crippen molar-refractivity contribution in [3.8, 4) is 5.75 Å². The first-order chi connectivity index (χ1) is 14.3. The van der Waals surface area contributed by atoms with E-state index in [-0.39, 0.29) is 17.9 Å². The molecule has 2 aromatic carbocycles. The molecule has 1 heterocycles. The SMILES string of the molecule is CCc1ccc(Nc2ncc(C(F)(F)F)c(Nc3ccccc3OC(C)C)n2)cc1. The molecule has 158 valence electrons. The van der Waals surface area contributed by atoms with Crippen LogP contribution < -0.4 is 15.4 Å². The lowest BCUT2D eigenvalue weighted by atomic mass is 10.1. The second kappa shape index (κ2) is 9.02. The summed E-state index contributed by atoms with van der Waals surface area (Å²) in [6.07, 6.45) is -3.09. The number of hydrogen-bond donors (Lipinski definition) is 2. The van der Waals surface area contributed by atoms with Gasteiger partial charge in [-0.25, -0.2) is 4.98 Å². The third-order valence-corrected chi connectivity index (χ3v) is 4.22. The van der Waals surface area contributed by atoms with Crippen LogP contribution in [0.1, 0.15) is 31.9 Å². The Balaban J connectivity index is 1.94. The van der Waals surface area contributed by atoms with E-state index >= 15 is 0 Å². The smallest absolute Gasteiger partial charge is 0.421 e. The first-order valence-corrected chi connectivity index (χ1v) is 9.59. The quantitative estimate of drug-likeness (QED) is 0.471. The fourth-order valence-electron chi connectivity index (χ4n) is 2.75. The minimum atomic E-state index is -4.61. The van der Waals surface area contributed by atoms with Gasteiger partial charge in [0.05, 0.1) is 11.8 Å². The lowest BCUT2D eigenvalue weighted by Crippen LogP contribution is -2.13. The Morgan fingerprint density at radius 1 is 1.00 bits per heavy atom. The van der Waals surface area contributed by atoms with Gasteiger partial charge in [0.2, 0.25) is 5.95 Å². The highest BCUT2D eigenvalue weighted by Crippen LogP contribution is 2.37. The average Bonchev–Trinajstić information content (AvgIpc) is 2.69. The molecular formula is C22H23F3N4O. The van der Waals surface area contributed by atoms with Crippen LogP contribution in [0.5, 0.6) is 5.75 Å². The van der Waals surface area contributed by atoms with Crippen molar-refractivity contribution in [1.29, 1.82) is 0 Å². The number of halogens is 3. The number of ether oxygens (including phenoxy) is 1. The Bertz CT molecular complexity index is 988. The summed E-state index contributed by atoms with van der Waals surface area (Å²) >= 11 is 0. The molecule has 0 spiro atoms. The molecule has 0 fully saturated rings. The Morgan fingerprint density at radius 2 is 1.70 bits per heavy atom. The maximum atomic E-state index is 13.5. The van der Waals surface area contributed by atoms with Crippen LogP contribution in [0, 0.1) is 0 Å². The van der Waals surface area contributed by atoms with E-state index in [1.807, 2.05) is 45.0 Å². The Hall–Kier alpha value is -3.29. The predicted octanol–water partition coefficient (Wildman–Crippen LogP) is 6.33. The maximum Gasteiger partial charge on any atom is 0.421 e. The number of aryl methyl sites for hydroxylation is 1. The number of nitrogens with zero attached hydrogens (tertiary/aromatic N) is 2. The first kappa shape index (κ1) is 21.4. The van der Waals surface area contributed by atoms with Crippen molar-refractivity contribution in [3.63, 3.8) is 0 Å². The van der Waals surface area contributed by atoms with E-state index in [2.05, 4.69) is 20.6 Å². The summed E-state index contributed by atoms with van der Waals surface area (Å²) in [5, 5.41) is 5.71. The third-order valence-electron chi connectivity index (χ3n) is 4.22. The van der Waals surface area contributed by atoms with Crippen molar-refractivity contribution >= 4 is 23.1 Å². The van der Waals surface area contributed by atoms with Crippen LogP contribution in [0.4, 0.5) is 36.3 Å². The zero-order chi connectivity index (χ0) is 21.7. The minimum Gasteiger partial charge on any atom is -0.489 e. The maximum absolute atomic E-state index is 13.5. The fourth-order valence-corrected chi connectivity index (χ4v) is 2.75. The number of nitrogens with one attached hydrogen (secondary N) is 2.